The standard InChI is InChI=1S/C23H21NS4/c1-2-3-4-5-6-7-8-14-12-25-22-16-9-19-17(10-18(16)27-20(14)22)23-21(28-19)15(11-24)13-26-23/h9-10,12-13H,2-8H2,1H3. The van der Waals surface area contributed by atoms with Crippen molar-refractivity contribution < 1.29 is 0 Å². The van der Waals surface area contributed by atoms with Crippen molar-refractivity contribution in [2.24, 2.45) is 0 Å². The summed E-state index contributed by atoms with van der Waals surface area (Å²) in [5.41, 5.74) is 2.38. The molecule has 0 bridgehead atoms. The van der Waals surface area contributed by atoms with Gasteiger partial charge < -0.3 is 0 Å². The maximum atomic E-state index is 9.34. The number of benzene rings is 1. The van der Waals surface area contributed by atoms with Crippen LogP contribution < -0.4 is 0 Å². The van der Waals surface area contributed by atoms with Crippen LogP contribution >= 0.6 is 45.3 Å². The fourth-order valence-corrected chi connectivity index (χ4v) is 8.98. The van der Waals surface area contributed by atoms with E-state index in [9.17, 15) is 5.26 Å². The molecule has 4 heterocycles. The molecule has 0 atom stereocenters. The molecule has 0 spiro atoms. The number of nitrogens with zero attached hydrogens (tertiary/aromatic N) is 1. The summed E-state index contributed by atoms with van der Waals surface area (Å²) in [4.78, 5) is 0. The van der Waals surface area contributed by atoms with Crippen molar-refractivity contribution in [2.75, 3.05) is 0 Å². The van der Waals surface area contributed by atoms with E-state index in [0.29, 0.717) is 0 Å². The van der Waals surface area contributed by atoms with Gasteiger partial charge >= 0.3 is 0 Å². The van der Waals surface area contributed by atoms with E-state index in [1.165, 1.54) is 79.2 Å². The number of nitriles is 1. The van der Waals surface area contributed by atoms with E-state index in [-0.39, 0.29) is 0 Å². The molecule has 0 fully saturated rings. The Morgan fingerprint density at radius 3 is 2.18 bits per heavy atom. The smallest absolute Gasteiger partial charge is 0.102 e. The van der Waals surface area contributed by atoms with Gasteiger partial charge in [-0.05, 0) is 35.9 Å². The Hall–Kier alpha value is -1.45. The van der Waals surface area contributed by atoms with Crippen LogP contribution in [0.3, 0.4) is 0 Å². The van der Waals surface area contributed by atoms with E-state index in [4.69, 9.17) is 0 Å². The second-order valence-electron chi connectivity index (χ2n) is 7.41. The van der Waals surface area contributed by atoms with E-state index < -0.39 is 0 Å². The number of unbranched alkanes of at least 4 members (excludes halogenated alkanes) is 5. The third kappa shape index (κ3) is 3.07. The van der Waals surface area contributed by atoms with Crippen LogP contribution in [0, 0.1) is 11.3 Å². The Morgan fingerprint density at radius 1 is 0.786 bits per heavy atom. The van der Waals surface area contributed by atoms with Crippen molar-refractivity contribution in [1.29, 1.82) is 5.26 Å². The summed E-state index contributed by atoms with van der Waals surface area (Å²) in [6.07, 6.45) is 9.35. The molecule has 0 unspecified atom stereocenters. The first kappa shape index (κ1) is 18.6. The minimum atomic E-state index is 0.826. The molecule has 0 radical (unpaired) electrons. The Labute approximate surface area is 180 Å². The van der Waals surface area contributed by atoms with Crippen molar-refractivity contribution >= 4 is 84.3 Å². The number of fused-ring (bicyclic) bond motifs is 6. The number of rotatable bonds is 7. The SMILES string of the molecule is CCCCCCCCc1csc2c1sc1cc3c(cc12)sc1c(C#N)csc13. The van der Waals surface area contributed by atoms with Crippen LogP contribution in [0.25, 0.3) is 39.0 Å². The summed E-state index contributed by atoms with van der Waals surface area (Å²) in [6, 6.07) is 7.08. The predicted octanol–water partition coefficient (Wildman–Crippen LogP) is 9.32. The first-order valence-electron chi connectivity index (χ1n) is 9.96. The van der Waals surface area contributed by atoms with Crippen LogP contribution in [-0.2, 0) is 6.42 Å². The third-order valence-corrected chi connectivity index (χ3v) is 10.2. The van der Waals surface area contributed by atoms with Gasteiger partial charge in [0.15, 0.2) is 0 Å². The summed E-state index contributed by atoms with van der Waals surface area (Å²) in [7, 11) is 0. The molecule has 0 saturated carbocycles. The van der Waals surface area contributed by atoms with Crippen molar-refractivity contribution in [3.63, 3.8) is 0 Å². The molecular weight excluding hydrogens is 419 g/mol. The van der Waals surface area contributed by atoms with E-state index in [2.05, 4.69) is 30.5 Å². The van der Waals surface area contributed by atoms with Gasteiger partial charge in [-0.2, -0.15) is 5.26 Å². The lowest BCUT2D eigenvalue weighted by Crippen LogP contribution is -1.83. The molecule has 0 saturated heterocycles. The molecule has 0 aliphatic carbocycles. The first-order chi connectivity index (χ1) is 13.8. The van der Waals surface area contributed by atoms with Crippen LogP contribution in [0.2, 0.25) is 0 Å². The van der Waals surface area contributed by atoms with E-state index in [0.717, 1.165) is 10.3 Å². The molecule has 5 aromatic rings. The van der Waals surface area contributed by atoms with Crippen molar-refractivity contribution in [1.82, 2.24) is 0 Å². The summed E-state index contributed by atoms with van der Waals surface area (Å²) in [6.45, 7) is 2.28. The molecule has 0 aliphatic heterocycles. The molecule has 142 valence electrons. The zero-order chi connectivity index (χ0) is 19.1. The molecule has 1 aromatic carbocycles. The fourth-order valence-electron chi connectivity index (χ4n) is 3.96. The lowest BCUT2D eigenvalue weighted by molar-refractivity contribution is 0.608. The molecule has 0 N–H and O–H groups in total. The van der Waals surface area contributed by atoms with Crippen molar-refractivity contribution in [2.45, 2.75) is 51.9 Å². The maximum Gasteiger partial charge on any atom is 0.102 e. The van der Waals surface area contributed by atoms with Crippen molar-refractivity contribution in [3.8, 4) is 6.07 Å². The Balaban J connectivity index is 1.48. The average Bonchev–Trinajstić information content (AvgIpc) is 3.43. The van der Waals surface area contributed by atoms with Gasteiger partial charge in [0, 0.05) is 30.3 Å². The minimum absolute atomic E-state index is 0.826. The second kappa shape index (κ2) is 7.76. The van der Waals surface area contributed by atoms with Crippen LogP contribution in [0.1, 0.15) is 56.6 Å². The molecule has 5 rings (SSSR count). The number of aryl methyl sites for hydroxylation is 1. The largest absolute Gasteiger partial charge is 0.192 e. The van der Waals surface area contributed by atoms with Gasteiger partial charge in [-0.1, -0.05) is 39.0 Å². The zero-order valence-electron chi connectivity index (χ0n) is 15.8. The van der Waals surface area contributed by atoms with Gasteiger partial charge in [-0.15, -0.1) is 45.3 Å². The van der Waals surface area contributed by atoms with Gasteiger partial charge in [0.05, 0.1) is 19.7 Å². The third-order valence-electron chi connectivity index (χ3n) is 5.48. The molecule has 28 heavy (non-hydrogen) atoms. The lowest BCUT2D eigenvalue weighted by Gasteiger charge is -1.99. The zero-order valence-corrected chi connectivity index (χ0v) is 19.1. The van der Waals surface area contributed by atoms with Crippen molar-refractivity contribution in [3.05, 3.63) is 34.0 Å². The molecular formula is C23H21NS4. The van der Waals surface area contributed by atoms with Gasteiger partial charge in [0.1, 0.15) is 6.07 Å². The van der Waals surface area contributed by atoms with E-state index in [1.807, 2.05) is 28.1 Å². The first-order valence-corrected chi connectivity index (χ1v) is 13.4. The highest BCUT2D eigenvalue weighted by atomic mass is 32.1. The highest BCUT2D eigenvalue weighted by molar-refractivity contribution is 7.34. The van der Waals surface area contributed by atoms with Crippen LogP contribution in [0.15, 0.2) is 22.9 Å². The highest BCUT2D eigenvalue weighted by Crippen LogP contribution is 2.46. The van der Waals surface area contributed by atoms with Gasteiger partial charge in [-0.3, -0.25) is 0 Å². The minimum Gasteiger partial charge on any atom is -0.192 e. The average molecular weight is 440 g/mol. The van der Waals surface area contributed by atoms with E-state index in [1.54, 1.807) is 28.2 Å². The quantitative estimate of drug-likeness (QED) is 0.232. The van der Waals surface area contributed by atoms with Crippen LogP contribution in [-0.4, -0.2) is 0 Å². The molecule has 0 amide bonds. The highest BCUT2D eigenvalue weighted by Gasteiger charge is 2.16. The van der Waals surface area contributed by atoms with Gasteiger partial charge in [0.2, 0.25) is 0 Å². The molecule has 0 aliphatic rings. The topological polar surface area (TPSA) is 23.8 Å². The Kier molecular flexibility index (Phi) is 5.15. The van der Waals surface area contributed by atoms with Crippen LogP contribution in [0.4, 0.5) is 0 Å². The molecule has 5 heteroatoms. The summed E-state index contributed by atoms with van der Waals surface area (Å²) < 4.78 is 8.11. The summed E-state index contributed by atoms with van der Waals surface area (Å²) in [5, 5.41) is 16.5. The van der Waals surface area contributed by atoms with E-state index >= 15 is 0 Å². The fraction of sp³-hybridized carbons (Fsp3) is 0.348. The second-order valence-corrected chi connectivity index (χ2v) is 11.3. The number of thiophene rings is 4. The lowest BCUT2D eigenvalue weighted by atomic mass is 10.1. The van der Waals surface area contributed by atoms with Crippen LogP contribution in [0.5, 0.6) is 0 Å². The normalized spacial score (nSPS) is 12.0. The molecule has 1 nitrogen and oxygen atoms in total. The Bertz CT molecular complexity index is 1320. The maximum absolute atomic E-state index is 9.34. The predicted molar refractivity (Wildman–Crippen MR) is 130 cm³/mol. The Morgan fingerprint density at radius 2 is 1.43 bits per heavy atom. The van der Waals surface area contributed by atoms with Gasteiger partial charge in [0.25, 0.3) is 0 Å². The number of hydrogen-bond donors (Lipinski definition) is 0. The summed E-state index contributed by atoms with van der Waals surface area (Å²) >= 11 is 7.36. The number of hydrogen-bond acceptors (Lipinski definition) is 5. The van der Waals surface area contributed by atoms with Gasteiger partial charge in [-0.25, -0.2) is 0 Å². The summed E-state index contributed by atoms with van der Waals surface area (Å²) in [5.74, 6) is 0. The monoisotopic (exact) mass is 439 g/mol. The molecule has 4 aromatic heterocycles.